The first-order chi connectivity index (χ1) is 17.9. The lowest BCUT2D eigenvalue weighted by atomic mass is 9.82. The van der Waals surface area contributed by atoms with Crippen LogP contribution in [0.15, 0.2) is 115 Å². The van der Waals surface area contributed by atoms with Crippen LogP contribution in [0.4, 0.5) is 0 Å². The van der Waals surface area contributed by atoms with Crippen LogP contribution in [-0.4, -0.2) is 0 Å². The molecule has 6 aromatic carbocycles. The highest BCUT2D eigenvalue weighted by molar-refractivity contribution is 6.23. The Labute approximate surface area is 213 Å². The molecule has 0 atom stereocenters. The molecular formula is C36H30. The Hall–Kier alpha value is -3.90. The number of hydrogen-bond donors (Lipinski definition) is 0. The zero-order chi connectivity index (χ0) is 23.9. The number of hydrogen-bond acceptors (Lipinski definition) is 0. The predicted octanol–water partition coefficient (Wildman–Crippen LogP) is 10.5. The van der Waals surface area contributed by atoms with E-state index in [1.54, 1.807) is 0 Å². The lowest BCUT2D eigenvalue weighted by molar-refractivity contribution is 0.443. The van der Waals surface area contributed by atoms with Crippen molar-refractivity contribution in [2.24, 2.45) is 0 Å². The summed E-state index contributed by atoms with van der Waals surface area (Å²) in [5, 5.41) is 7.87. The van der Waals surface area contributed by atoms with Crippen LogP contribution in [0, 0.1) is 0 Å². The van der Waals surface area contributed by atoms with Crippen molar-refractivity contribution in [3.8, 4) is 22.3 Å². The van der Waals surface area contributed by atoms with E-state index in [0.29, 0.717) is 0 Å². The molecule has 0 aliphatic heterocycles. The Morgan fingerprint density at radius 3 is 1.58 bits per heavy atom. The molecule has 0 spiro atoms. The van der Waals surface area contributed by atoms with E-state index >= 15 is 0 Å². The second-order valence-electron chi connectivity index (χ2n) is 10.3. The average Bonchev–Trinajstić information content (AvgIpc) is 2.96. The van der Waals surface area contributed by atoms with Gasteiger partial charge in [-0.3, -0.25) is 0 Å². The molecule has 1 fully saturated rings. The molecule has 1 saturated carbocycles. The Balaban J connectivity index is 1.50. The lowest BCUT2D eigenvalue weighted by Gasteiger charge is -2.22. The molecule has 6 aromatic rings. The van der Waals surface area contributed by atoms with E-state index in [1.807, 2.05) is 0 Å². The fourth-order valence-corrected chi connectivity index (χ4v) is 6.53. The fourth-order valence-electron chi connectivity index (χ4n) is 6.53. The van der Waals surface area contributed by atoms with Gasteiger partial charge in [0.2, 0.25) is 0 Å². The van der Waals surface area contributed by atoms with E-state index in [-0.39, 0.29) is 0 Å². The molecule has 1 aliphatic carbocycles. The standard InChI is InChI=1S/C36H30/c1-2-11-25(12-3-1)26-21-23-28(24-22-26)35-31-16-6-8-18-33(31)36(34-19-9-7-17-32(34)35)30-20-10-14-27-13-4-5-15-29(27)30/h4-10,13-25H,1-3,11-12H2. The summed E-state index contributed by atoms with van der Waals surface area (Å²) in [7, 11) is 0. The van der Waals surface area contributed by atoms with Crippen LogP contribution in [0.2, 0.25) is 0 Å². The van der Waals surface area contributed by atoms with Crippen molar-refractivity contribution in [2.45, 2.75) is 38.0 Å². The lowest BCUT2D eigenvalue weighted by Crippen LogP contribution is -2.04. The summed E-state index contributed by atoms with van der Waals surface area (Å²) in [5.74, 6) is 0.732. The van der Waals surface area contributed by atoms with Gasteiger partial charge in [0.15, 0.2) is 0 Å². The Morgan fingerprint density at radius 2 is 0.944 bits per heavy atom. The highest BCUT2D eigenvalue weighted by atomic mass is 14.2. The van der Waals surface area contributed by atoms with Gasteiger partial charge in [-0.2, -0.15) is 0 Å². The Kier molecular flexibility index (Phi) is 5.32. The maximum absolute atomic E-state index is 2.40. The molecule has 0 radical (unpaired) electrons. The molecule has 0 heteroatoms. The molecule has 0 saturated heterocycles. The van der Waals surface area contributed by atoms with Gasteiger partial charge in [0.05, 0.1) is 0 Å². The maximum atomic E-state index is 2.40. The van der Waals surface area contributed by atoms with Crippen molar-refractivity contribution in [3.63, 3.8) is 0 Å². The third-order valence-corrected chi connectivity index (χ3v) is 8.27. The number of rotatable bonds is 3. The summed E-state index contributed by atoms with van der Waals surface area (Å²) in [6.07, 6.45) is 6.82. The molecule has 1 aliphatic rings. The zero-order valence-corrected chi connectivity index (χ0v) is 20.6. The van der Waals surface area contributed by atoms with Gasteiger partial charge in [0.1, 0.15) is 0 Å². The molecule has 0 unspecified atom stereocenters. The van der Waals surface area contributed by atoms with Gasteiger partial charge in [-0.1, -0.05) is 135 Å². The molecule has 0 nitrogen and oxygen atoms in total. The van der Waals surface area contributed by atoms with E-state index in [0.717, 1.165) is 5.92 Å². The average molecular weight is 463 g/mol. The monoisotopic (exact) mass is 462 g/mol. The summed E-state index contributed by atoms with van der Waals surface area (Å²) < 4.78 is 0. The topological polar surface area (TPSA) is 0 Å². The van der Waals surface area contributed by atoms with Crippen molar-refractivity contribution in [1.29, 1.82) is 0 Å². The molecule has 0 N–H and O–H groups in total. The minimum Gasteiger partial charge on any atom is -0.0616 e. The molecule has 36 heavy (non-hydrogen) atoms. The van der Waals surface area contributed by atoms with Crippen LogP contribution < -0.4 is 0 Å². The number of benzene rings is 6. The normalized spacial score (nSPS) is 14.6. The molecular weight excluding hydrogens is 432 g/mol. The van der Waals surface area contributed by atoms with Crippen LogP contribution in [-0.2, 0) is 0 Å². The first kappa shape index (κ1) is 21.4. The quantitative estimate of drug-likeness (QED) is 0.229. The van der Waals surface area contributed by atoms with Crippen LogP contribution in [0.25, 0.3) is 54.6 Å². The predicted molar refractivity (Wildman–Crippen MR) is 156 cm³/mol. The number of fused-ring (bicyclic) bond motifs is 3. The van der Waals surface area contributed by atoms with Crippen molar-refractivity contribution < 1.29 is 0 Å². The van der Waals surface area contributed by atoms with Gasteiger partial charge in [-0.15, -0.1) is 0 Å². The third-order valence-electron chi connectivity index (χ3n) is 8.27. The summed E-state index contributed by atoms with van der Waals surface area (Å²) in [4.78, 5) is 0. The van der Waals surface area contributed by atoms with Gasteiger partial charge < -0.3 is 0 Å². The van der Waals surface area contributed by atoms with Crippen molar-refractivity contribution in [1.82, 2.24) is 0 Å². The Morgan fingerprint density at radius 1 is 0.417 bits per heavy atom. The molecule has 0 bridgehead atoms. The third kappa shape index (κ3) is 3.52. The van der Waals surface area contributed by atoms with E-state index in [9.17, 15) is 0 Å². The van der Waals surface area contributed by atoms with Gasteiger partial charge in [-0.25, -0.2) is 0 Å². The molecule has 7 rings (SSSR count). The van der Waals surface area contributed by atoms with Crippen LogP contribution in [0.3, 0.4) is 0 Å². The van der Waals surface area contributed by atoms with Crippen molar-refractivity contribution in [3.05, 3.63) is 121 Å². The first-order valence-electron chi connectivity index (χ1n) is 13.4. The first-order valence-corrected chi connectivity index (χ1v) is 13.4. The molecule has 174 valence electrons. The highest BCUT2D eigenvalue weighted by Crippen LogP contribution is 2.45. The van der Waals surface area contributed by atoms with E-state index in [4.69, 9.17) is 0 Å². The Bertz CT molecular complexity index is 1640. The maximum Gasteiger partial charge on any atom is -0.00201 e. The summed E-state index contributed by atoms with van der Waals surface area (Å²) in [5.41, 5.74) is 6.81. The van der Waals surface area contributed by atoms with Crippen LogP contribution in [0.5, 0.6) is 0 Å². The minimum atomic E-state index is 0.732. The SMILES string of the molecule is c1ccc2c(-c3c4ccccc4c(-c4ccc(C5CCCCC5)cc4)c4ccccc34)cccc2c1. The van der Waals surface area contributed by atoms with Gasteiger partial charge in [0.25, 0.3) is 0 Å². The fraction of sp³-hybridized carbons (Fsp3) is 0.167. The molecule has 0 heterocycles. The minimum absolute atomic E-state index is 0.732. The largest absolute Gasteiger partial charge is 0.0616 e. The second kappa shape index (κ2) is 8.95. The van der Waals surface area contributed by atoms with Crippen LogP contribution in [0.1, 0.15) is 43.6 Å². The van der Waals surface area contributed by atoms with Gasteiger partial charge in [0, 0.05) is 0 Å². The van der Waals surface area contributed by atoms with Crippen molar-refractivity contribution in [2.75, 3.05) is 0 Å². The molecule has 0 amide bonds. The summed E-state index contributed by atoms with van der Waals surface area (Å²) in [6.45, 7) is 0. The van der Waals surface area contributed by atoms with E-state index in [1.165, 1.54) is 92.2 Å². The molecule has 0 aromatic heterocycles. The van der Waals surface area contributed by atoms with E-state index in [2.05, 4.69) is 115 Å². The van der Waals surface area contributed by atoms with Gasteiger partial charge in [-0.05, 0) is 78.9 Å². The summed E-state index contributed by atoms with van der Waals surface area (Å²) in [6, 6.07) is 42.9. The smallest absolute Gasteiger partial charge is 0.00201 e. The zero-order valence-electron chi connectivity index (χ0n) is 20.6. The van der Waals surface area contributed by atoms with Gasteiger partial charge >= 0.3 is 0 Å². The highest BCUT2D eigenvalue weighted by Gasteiger charge is 2.19. The van der Waals surface area contributed by atoms with Crippen molar-refractivity contribution >= 4 is 32.3 Å². The summed E-state index contributed by atoms with van der Waals surface area (Å²) >= 11 is 0. The second-order valence-corrected chi connectivity index (χ2v) is 10.3. The van der Waals surface area contributed by atoms with Crippen LogP contribution >= 0.6 is 0 Å². The van der Waals surface area contributed by atoms with E-state index < -0.39 is 0 Å².